The number of ether oxygens (including phenoxy) is 2. The van der Waals surface area contributed by atoms with Crippen molar-refractivity contribution in [3.05, 3.63) is 28.1 Å². The molecule has 22 heavy (non-hydrogen) atoms. The number of nitrogens with zero attached hydrogens (tertiary/aromatic N) is 1. The number of aromatic nitrogens is 1. The number of benzene rings is 1. The second-order valence-electron chi connectivity index (χ2n) is 5.73. The average Bonchev–Trinajstić information content (AvgIpc) is 2.87. The van der Waals surface area contributed by atoms with E-state index in [0.717, 1.165) is 35.7 Å². The molecule has 5 heteroatoms. The van der Waals surface area contributed by atoms with E-state index in [0.29, 0.717) is 19.3 Å². The molecule has 2 heterocycles. The van der Waals surface area contributed by atoms with Gasteiger partial charge in [0.2, 0.25) is 0 Å². The topological polar surface area (TPSA) is 43.4 Å². The maximum atomic E-state index is 5.66. The lowest BCUT2D eigenvalue weighted by atomic mass is 10.1. The molecule has 4 nitrogen and oxygen atoms in total. The minimum Gasteiger partial charge on any atom is -0.486 e. The Hall–Kier alpha value is -1.59. The smallest absolute Gasteiger partial charge is 0.162 e. The summed E-state index contributed by atoms with van der Waals surface area (Å²) >= 11 is 1.78. The third-order valence-corrected chi connectivity index (χ3v) is 4.58. The molecule has 0 atom stereocenters. The first kappa shape index (κ1) is 15.3. The predicted octanol–water partition coefficient (Wildman–Crippen LogP) is 3.43. The quantitative estimate of drug-likeness (QED) is 0.917. The summed E-state index contributed by atoms with van der Waals surface area (Å²) in [5.41, 5.74) is 2.16. The minimum atomic E-state index is 0.512. The van der Waals surface area contributed by atoms with Crippen LogP contribution in [0, 0.1) is 6.92 Å². The molecule has 118 valence electrons. The van der Waals surface area contributed by atoms with Crippen molar-refractivity contribution in [3.63, 3.8) is 0 Å². The van der Waals surface area contributed by atoms with Crippen LogP contribution in [0.4, 0.5) is 0 Å². The van der Waals surface area contributed by atoms with Gasteiger partial charge in [0.05, 0.1) is 10.7 Å². The van der Waals surface area contributed by atoms with E-state index < -0.39 is 0 Å². The third-order valence-electron chi connectivity index (χ3n) is 3.55. The van der Waals surface area contributed by atoms with Crippen LogP contribution in [0.2, 0.25) is 0 Å². The van der Waals surface area contributed by atoms with Crippen molar-refractivity contribution >= 4 is 11.3 Å². The van der Waals surface area contributed by atoms with Gasteiger partial charge in [-0.2, -0.15) is 0 Å². The second kappa shape index (κ2) is 6.67. The molecule has 0 radical (unpaired) electrons. The number of thiazole rings is 1. The van der Waals surface area contributed by atoms with Gasteiger partial charge < -0.3 is 14.8 Å². The van der Waals surface area contributed by atoms with E-state index in [1.54, 1.807) is 11.3 Å². The molecule has 1 aromatic heterocycles. The van der Waals surface area contributed by atoms with Crippen LogP contribution in [0.3, 0.4) is 0 Å². The summed E-state index contributed by atoms with van der Waals surface area (Å²) in [7, 11) is 0. The van der Waals surface area contributed by atoms with E-state index >= 15 is 0 Å². The fraction of sp³-hybridized carbons (Fsp3) is 0.471. The fourth-order valence-electron chi connectivity index (χ4n) is 2.48. The maximum Gasteiger partial charge on any atom is 0.162 e. The normalized spacial score (nSPS) is 13.6. The molecular weight excluding hydrogens is 296 g/mol. The third kappa shape index (κ3) is 3.42. The van der Waals surface area contributed by atoms with E-state index in [-0.39, 0.29) is 0 Å². The molecule has 0 spiro atoms. The molecule has 3 rings (SSSR count). The highest BCUT2D eigenvalue weighted by Gasteiger charge is 2.15. The molecular formula is C17H22N2O2S. The lowest BCUT2D eigenvalue weighted by Gasteiger charge is -2.18. The summed E-state index contributed by atoms with van der Waals surface area (Å²) in [6.07, 6.45) is 0.967. The van der Waals surface area contributed by atoms with E-state index in [2.05, 4.69) is 32.2 Å². The summed E-state index contributed by atoms with van der Waals surface area (Å²) in [6.45, 7) is 8.64. The highest BCUT2D eigenvalue weighted by molar-refractivity contribution is 7.12. The highest BCUT2D eigenvalue weighted by Crippen LogP contribution is 2.36. The summed E-state index contributed by atoms with van der Waals surface area (Å²) in [5, 5.41) is 4.61. The van der Waals surface area contributed by atoms with Gasteiger partial charge in [-0.15, -0.1) is 11.3 Å². The van der Waals surface area contributed by atoms with Crippen molar-refractivity contribution < 1.29 is 9.47 Å². The van der Waals surface area contributed by atoms with Gasteiger partial charge in [-0.3, -0.25) is 0 Å². The monoisotopic (exact) mass is 318 g/mol. The molecule has 0 aliphatic carbocycles. The molecule has 1 aliphatic rings. The van der Waals surface area contributed by atoms with Gasteiger partial charge in [0.25, 0.3) is 0 Å². The number of hydrogen-bond donors (Lipinski definition) is 1. The van der Waals surface area contributed by atoms with Crippen LogP contribution in [0.5, 0.6) is 11.5 Å². The van der Waals surface area contributed by atoms with Gasteiger partial charge >= 0.3 is 0 Å². The molecule has 0 bridgehead atoms. The molecule has 0 saturated heterocycles. The summed E-state index contributed by atoms with van der Waals surface area (Å²) in [4.78, 5) is 6.05. The summed E-state index contributed by atoms with van der Waals surface area (Å²) < 4.78 is 11.2. The van der Waals surface area contributed by atoms with Crippen LogP contribution >= 0.6 is 11.3 Å². The van der Waals surface area contributed by atoms with Crippen LogP contribution in [-0.2, 0) is 6.42 Å². The fourth-order valence-corrected chi connectivity index (χ4v) is 3.44. The Morgan fingerprint density at radius 3 is 2.77 bits per heavy atom. The Balaban J connectivity index is 1.78. The SMILES string of the molecule is Cc1sc(CCNC(C)C)nc1-c1ccc2c(c1)OCCO2. The van der Waals surface area contributed by atoms with Crippen molar-refractivity contribution in [1.82, 2.24) is 10.3 Å². The van der Waals surface area contributed by atoms with Gasteiger partial charge in [-0.1, -0.05) is 13.8 Å². The molecule has 0 saturated carbocycles. The highest BCUT2D eigenvalue weighted by atomic mass is 32.1. The Labute approximate surface area is 135 Å². The number of aryl methyl sites for hydroxylation is 1. The van der Waals surface area contributed by atoms with Crippen LogP contribution in [0.15, 0.2) is 18.2 Å². The van der Waals surface area contributed by atoms with Gasteiger partial charge in [0.15, 0.2) is 11.5 Å². The molecule has 2 aromatic rings. The van der Waals surface area contributed by atoms with Gasteiger partial charge in [-0.25, -0.2) is 4.98 Å². The number of fused-ring (bicyclic) bond motifs is 1. The van der Waals surface area contributed by atoms with Gasteiger partial charge in [0, 0.05) is 29.4 Å². The Morgan fingerprint density at radius 1 is 1.23 bits per heavy atom. The summed E-state index contributed by atoms with van der Waals surface area (Å²) in [6, 6.07) is 6.58. The van der Waals surface area contributed by atoms with Gasteiger partial charge in [-0.05, 0) is 25.1 Å². The first-order valence-corrected chi connectivity index (χ1v) is 8.55. The number of hydrogen-bond acceptors (Lipinski definition) is 5. The molecule has 0 amide bonds. The summed E-state index contributed by atoms with van der Waals surface area (Å²) in [5.74, 6) is 1.64. The Morgan fingerprint density at radius 2 is 2.00 bits per heavy atom. The molecule has 0 fully saturated rings. The molecule has 1 aromatic carbocycles. The van der Waals surface area contributed by atoms with Crippen LogP contribution in [0.25, 0.3) is 11.3 Å². The predicted molar refractivity (Wildman–Crippen MR) is 90.1 cm³/mol. The van der Waals surface area contributed by atoms with E-state index in [1.165, 1.54) is 9.88 Å². The van der Waals surface area contributed by atoms with Crippen molar-refractivity contribution in [1.29, 1.82) is 0 Å². The second-order valence-corrected chi connectivity index (χ2v) is 7.02. The van der Waals surface area contributed by atoms with Crippen LogP contribution in [-0.4, -0.2) is 30.8 Å². The maximum absolute atomic E-state index is 5.66. The van der Waals surface area contributed by atoms with Crippen molar-refractivity contribution in [2.75, 3.05) is 19.8 Å². The minimum absolute atomic E-state index is 0.512. The number of nitrogens with one attached hydrogen (secondary N) is 1. The first-order chi connectivity index (χ1) is 10.6. The Bertz CT molecular complexity index is 652. The zero-order valence-electron chi connectivity index (χ0n) is 13.3. The van der Waals surface area contributed by atoms with Crippen molar-refractivity contribution in [2.24, 2.45) is 0 Å². The van der Waals surface area contributed by atoms with Gasteiger partial charge in [0.1, 0.15) is 13.2 Å². The van der Waals surface area contributed by atoms with Crippen molar-refractivity contribution in [3.8, 4) is 22.8 Å². The van der Waals surface area contributed by atoms with Crippen LogP contribution < -0.4 is 14.8 Å². The molecule has 1 N–H and O–H groups in total. The van der Waals surface area contributed by atoms with E-state index in [4.69, 9.17) is 14.5 Å². The Kier molecular flexibility index (Phi) is 4.64. The number of rotatable bonds is 5. The molecule has 0 unspecified atom stereocenters. The van der Waals surface area contributed by atoms with Crippen LogP contribution in [0.1, 0.15) is 23.7 Å². The first-order valence-electron chi connectivity index (χ1n) is 7.73. The average molecular weight is 318 g/mol. The zero-order valence-corrected chi connectivity index (χ0v) is 14.1. The van der Waals surface area contributed by atoms with E-state index in [9.17, 15) is 0 Å². The van der Waals surface area contributed by atoms with Crippen molar-refractivity contribution in [2.45, 2.75) is 33.2 Å². The zero-order chi connectivity index (χ0) is 15.5. The lowest BCUT2D eigenvalue weighted by molar-refractivity contribution is 0.171. The lowest BCUT2D eigenvalue weighted by Crippen LogP contribution is -2.24. The molecule has 1 aliphatic heterocycles. The standard InChI is InChI=1S/C17H22N2O2S/c1-11(2)18-7-6-16-19-17(12(3)22-16)13-4-5-14-15(10-13)21-9-8-20-14/h4-5,10-11,18H,6-9H2,1-3H3. The van der Waals surface area contributed by atoms with E-state index in [1.807, 2.05) is 12.1 Å². The largest absolute Gasteiger partial charge is 0.486 e.